The Morgan fingerprint density at radius 1 is 1.43 bits per heavy atom. The molecular weight excluding hydrogens is 176 g/mol. The summed E-state index contributed by atoms with van der Waals surface area (Å²) in [4.78, 5) is 2.53. The van der Waals surface area contributed by atoms with Crippen molar-refractivity contribution < 1.29 is 5.11 Å². The molecule has 84 valence electrons. The van der Waals surface area contributed by atoms with E-state index in [1.165, 1.54) is 13.0 Å². The molecule has 1 fully saturated rings. The van der Waals surface area contributed by atoms with Gasteiger partial charge in [0, 0.05) is 25.7 Å². The summed E-state index contributed by atoms with van der Waals surface area (Å²) >= 11 is 0. The Morgan fingerprint density at radius 3 is 2.86 bits per heavy atom. The van der Waals surface area contributed by atoms with Gasteiger partial charge in [-0.25, -0.2) is 0 Å². The molecule has 0 aliphatic carbocycles. The van der Waals surface area contributed by atoms with Crippen LogP contribution in [0.2, 0.25) is 0 Å². The molecule has 0 aromatic rings. The topological polar surface area (TPSA) is 35.5 Å². The van der Waals surface area contributed by atoms with E-state index >= 15 is 0 Å². The lowest BCUT2D eigenvalue weighted by molar-refractivity contribution is 0.156. The minimum Gasteiger partial charge on any atom is -0.396 e. The van der Waals surface area contributed by atoms with Crippen LogP contribution < -0.4 is 5.32 Å². The van der Waals surface area contributed by atoms with E-state index in [1.807, 2.05) is 0 Å². The van der Waals surface area contributed by atoms with Crippen LogP contribution >= 0.6 is 0 Å². The van der Waals surface area contributed by atoms with Gasteiger partial charge in [0.05, 0.1) is 0 Å². The lowest BCUT2D eigenvalue weighted by Crippen LogP contribution is -2.41. The minimum absolute atomic E-state index is 0.306. The van der Waals surface area contributed by atoms with Crippen LogP contribution in [0.4, 0.5) is 0 Å². The third-order valence-electron chi connectivity index (χ3n) is 2.91. The van der Waals surface area contributed by atoms with E-state index in [9.17, 15) is 0 Å². The zero-order chi connectivity index (χ0) is 10.4. The Bertz CT molecular complexity index is 152. The molecule has 0 spiro atoms. The summed E-state index contributed by atoms with van der Waals surface area (Å²) in [7, 11) is 0. The summed E-state index contributed by atoms with van der Waals surface area (Å²) in [5, 5.41) is 12.5. The summed E-state index contributed by atoms with van der Waals surface area (Å²) < 4.78 is 0. The van der Waals surface area contributed by atoms with Crippen LogP contribution in [-0.2, 0) is 0 Å². The normalized spacial score (nSPS) is 30.2. The maximum Gasteiger partial charge on any atom is 0.0446 e. The molecule has 0 radical (unpaired) electrons. The highest BCUT2D eigenvalue weighted by molar-refractivity contribution is 4.80. The molecule has 0 bridgehead atoms. The molecule has 1 aliphatic rings. The number of aliphatic hydroxyl groups excluding tert-OH is 1. The molecule has 2 N–H and O–H groups in total. The molecule has 3 heteroatoms. The molecule has 1 aliphatic heterocycles. The van der Waals surface area contributed by atoms with Gasteiger partial charge in [-0.15, -0.1) is 0 Å². The summed E-state index contributed by atoms with van der Waals surface area (Å²) in [6, 6.07) is 0.532. The van der Waals surface area contributed by atoms with E-state index in [-0.39, 0.29) is 0 Å². The largest absolute Gasteiger partial charge is 0.396 e. The highest BCUT2D eigenvalue weighted by Gasteiger charge is 2.22. The van der Waals surface area contributed by atoms with Gasteiger partial charge < -0.3 is 10.4 Å². The van der Waals surface area contributed by atoms with Crippen LogP contribution in [0.15, 0.2) is 0 Å². The fourth-order valence-corrected chi connectivity index (χ4v) is 2.23. The molecule has 14 heavy (non-hydrogen) atoms. The van der Waals surface area contributed by atoms with Gasteiger partial charge >= 0.3 is 0 Å². The number of aliphatic hydroxyl groups is 1. The zero-order valence-corrected chi connectivity index (χ0v) is 9.50. The van der Waals surface area contributed by atoms with E-state index in [0.717, 1.165) is 32.0 Å². The molecule has 2 unspecified atom stereocenters. The first kappa shape index (κ1) is 12.0. The Labute approximate surface area is 87.5 Å². The highest BCUT2D eigenvalue weighted by Crippen LogP contribution is 2.11. The molecule has 0 saturated carbocycles. The number of nitrogens with zero attached hydrogens (tertiary/aromatic N) is 1. The number of hydrogen-bond donors (Lipinski definition) is 2. The standard InChI is InChI=1S/C11H24N2O/c1-3-5-13-9-10(2)7-12-8-11(13)4-6-14/h10-12,14H,3-9H2,1-2H3. The molecule has 1 heterocycles. The molecule has 1 saturated heterocycles. The van der Waals surface area contributed by atoms with Crippen molar-refractivity contribution in [2.75, 3.05) is 32.8 Å². The second kappa shape index (κ2) is 6.38. The molecular formula is C11H24N2O. The zero-order valence-electron chi connectivity index (χ0n) is 9.50. The van der Waals surface area contributed by atoms with Crippen molar-refractivity contribution in [2.45, 2.75) is 32.7 Å². The van der Waals surface area contributed by atoms with Gasteiger partial charge in [0.1, 0.15) is 0 Å². The van der Waals surface area contributed by atoms with Crippen molar-refractivity contribution >= 4 is 0 Å². The fraction of sp³-hybridized carbons (Fsp3) is 1.00. The van der Waals surface area contributed by atoms with Crippen LogP contribution in [0.1, 0.15) is 26.7 Å². The maximum atomic E-state index is 9.01. The highest BCUT2D eigenvalue weighted by atomic mass is 16.3. The van der Waals surface area contributed by atoms with E-state index in [4.69, 9.17) is 5.11 Å². The average Bonchev–Trinajstić information content (AvgIpc) is 2.31. The van der Waals surface area contributed by atoms with Gasteiger partial charge in [-0.1, -0.05) is 13.8 Å². The molecule has 0 aromatic heterocycles. The minimum atomic E-state index is 0.306. The maximum absolute atomic E-state index is 9.01. The third-order valence-corrected chi connectivity index (χ3v) is 2.91. The van der Waals surface area contributed by atoms with Gasteiger partial charge in [0.15, 0.2) is 0 Å². The van der Waals surface area contributed by atoms with Crippen molar-refractivity contribution in [3.63, 3.8) is 0 Å². The molecule has 0 amide bonds. The summed E-state index contributed by atoms with van der Waals surface area (Å²) in [6.45, 7) is 9.30. The van der Waals surface area contributed by atoms with Crippen molar-refractivity contribution in [2.24, 2.45) is 5.92 Å². The van der Waals surface area contributed by atoms with Gasteiger partial charge in [-0.2, -0.15) is 0 Å². The molecule has 0 aromatic carbocycles. The third kappa shape index (κ3) is 3.56. The van der Waals surface area contributed by atoms with E-state index in [1.54, 1.807) is 0 Å². The van der Waals surface area contributed by atoms with Crippen LogP contribution in [0.3, 0.4) is 0 Å². The van der Waals surface area contributed by atoms with Crippen molar-refractivity contribution in [1.82, 2.24) is 10.2 Å². The predicted molar refractivity (Wildman–Crippen MR) is 59.4 cm³/mol. The van der Waals surface area contributed by atoms with Crippen molar-refractivity contribution in [3.8, 4) is 0 Å². The first-order valence-corrected chi connectivity index (χ1v) is 5.83. The Balaban J connectivity index is 2.49. The van der Waals surface area contributed by atoms with E-state index < -0.39 is 0 Å². The van der Waals surface area contributed by atoms with Crippen LogP contribution in [0.25, 0.3) is 0 Å². The van der Waals surface area contributed by atoms with E-state index in [0.29, 0.717) is 12.6 Å². The second-order valence-corrected chi connectivity index (χ2v) is 4.42. The Hall–Kier alpha value is -0.120. The van der Waals surface area contributed by atoms with Crippen LogP contribution in [0, 0.1) is 5.92 Å². The number of rotatable bonds is 4. The molecule has 1 rings (SSSR count). The summed E-state index contributed by atoms with van der Waals surface area (Å²) in [5.74, 6) is 0.727. The number of hydrogen-bond acceptors (Lipinski definition) is 3. The second-order valence-electron chi connectivity index (χ2n) is 4.42. The number of nitrogens with one attached hydrogen (secondary N) is 1. The van der Waals surface area contributed by atoms with Crippen molar-refractivity contribution in [1.29, 1.82) is 0 Å². The summed E-state index contributed by atoms with van der Waals surface area (Å²) in [6.07, 6.45) is 2.11. The first-order valence-electron chi connectivity index (χ1n) is 5.83. The molecule has 2 atom stereocenters. The summed E-state index contributed by atoms with van der Waals surface area (Å²) in [5.41, 5.74) is 0. The van der Waals surface area contributed by atoms with Gasteiger partial charge in [0.25, 0.3) is 0 Å². The quantitative estimate of drug-likeness (QED) is 0.701. The Morgan fingerprint density at radius 2 is 2.21 bits per heavy atom. The lowest BCUT2D eigenvalue weighted by Gasteiger charge is -2.29. The molecule has 3 nitrogen and oxygen atoms in total. The van der Waals surface area contributed by atoms with E-state index in [2.05, 4.69) is 24.1 Å². The monoisotopic (exact) mass is 200 g/mol. The van der Waals surface area contributed by atoms with Crippen LogP contribution in [-0.4, -0.2) is 48.8 Å². The SMILES string of the molecule is CCCN1CC(C)CNCC1CCO. The lowest BCUT2D eigenvalue weighted by atomic mass is 10.1. The van der Waals surface area contributed by atoms with Crippen LogP contribution in [0.5, 0.6) is 0 Å². The smallest absolute Gasteiger partial charge is 0.0446 e. The van der Waals surface area contributed by atoms with Gasteiger partial charge in [0.2, 0.25) is 0 Å². The average molecular weight is 200 g/mol. The first-order chi connectivity index (χ1) is 6.77. The van der Waals surface area contributed by atoms with Gasteiger partial charge in [-0.05, 0) is 31.8 Å². The van der Waals surface area contributed by atoms with Crippen molar-refractivity contribution in [3.05, 3.63) is 0 Å². The Kier molecular flexibility index (Phi) is 5.45. The van der Waals surface area contributed by atoms with Gasteiger partial charge in [-0.3, -0.25) is 4.90 Å². The predicted octanol–water partition coefficient (Wildman–Crippen LogP) is 0.689. The fourth-order valence-electron chi connectivity index (χ4n) is 2.23.